The van der Waals surface area contributed by atoms with E-state index in [0.717, 1.165) is 31.7 Å². The second kappa shape index (κ2) is 6.36. The van der Waals surface area contributed by atoms with Crippen LogP contribution < -0.4 is 16.4 Å². The van der Waals surface area contributed by atoms with Gasteiger partial charge in [-0.2, -0.15) is 0 Å². The largest absolute Gasteiger partial charge is 0.384 e. The Morgan fingerprint density at radius 2 is 2.00 bits per heavy atom. The van der Waals surface area contributed by atoms with Crippen molar-refractivity contribution in [3.05, 3.63) is 29.6 Å². The van der Waals surface area contributed by atoms with Crippen LogP contribution in [0.15, 0.2) is 18.2 Å². The molecule has 1 aromatic carbocycles. The molecule has 0 unspecified atom stereocenters. The molecule has 1 fully saturated rings. The van der Waals surface area contributed by atoms with Gasteiger partial charge >= 0.3 is 6.03 Å². The quantitative estimate of drug-likeness (QED) is 0.505. The highest BCUT2D eigenvalue weighted by Gasteiger charge is 2.16. The SMILES string of the molecule is N=C(N)c1ccc(NC(=O)NC2CCCCC2)c(F)c1. The number of hydrogen-bond donors (Lipinski definition) is 4. The zero-order valence-electron chi connectivity index (χ0n) is 11.2. The highest BCUT2D eigenvalue weighted by Crippen LogP contribution is 2.18. The molecule has 108 valence electrons. The van der Waals surface area contributed by atoms with Crippen LogP contribution in [-0.4, -0.2) is 17.9 Å². The van der Waals surface area contributed by atoms with Gasteiger partial charge in [0.25, 0.3) is 0 Å². The monoisotopic (exact) mass is 278 g/mol. The van der Waals surface area contributed by atoms with Crippen LogP contribution in [0.25, 0.3) is 0 Å². The van der Waals surface area contributed by atoms with Crippen molar-refractivity contribution < 1.29 is 9.18 Å². The van der Waals surface area contributed by atoms with Gasteiger partial charge in [0.2, 0.25) is 0 Å². The molecule has 1 saturated carbocycles. The van der Waals surface area contributed by atoms with E-state index in [1.165, 1.54) is 18.6 Å². The van der Waals surface area contributed by atoms with Crippen LogP contribution in [-0.2, 0) is 0 Å². The van der Waals surface area contributed by atoms with Gasteiger partial charge in [0.15, 0.2) is 0 Å². The van der Waals surface area contributed by atoms with Crippen LogP contribution in [0, 0.1) is 11.2 Å². The first-order valence-electron chi connectivity index (χ1n) is 6.77. The summed E-state index contributed by atoms with van der Waals surface area (Å²) < 4.78 is 13.8. The lowest BCUT2D eigenvalue weighted by Gasteiger charge is -2.22. The maximum Gasteiger partial charge on any atom is 0.319 e. The molecule has 5 nitrogen and oxygen atoms in total. The molecule has 2 rings (SSSR count). The van der Waals surface area contributed by atoms with Crippen molar-refractivity contribution in [2.24, 2.45) is 5.73 Å². The second-order valence-corrected chi connectivity index (χ2v) is 5.04. The smallest absolute Gasteiger partial charge is 0.319 e. The van der Waals surface area contributed by atoms with Crippen LogP contribution in [0.5, 0.6) is 0 Å². The van der Waals surface area contributed by atoms with E-state index >= 15 is 0 Å². The van der Waals surface area contributed by atoms with Gasteiger partial charge in [0.05, 0.1) is 5.69 Å². The molecule has 0 spiro atoms. The van der Waals surface area contributed by atoms with E-state index in [-0.39, 0.29) is 17.6 Å². The van der Waals surface area contributed by atoms with Crippen molar-refractivity contribution in [2.75, 3.05) is 5.32 Å². The van der Waals surface area contributed by atoms with Crippen molar-refractivity contribution in [3.63, 3.8) is 0 Å². The van der Waals surface area contributed by atoms with Crippen LogP contribution in [0.1, 0.15) is 37.7 Å². The molecule has 0 heterocycles. The number of carbonyl (C=O) groups excluding carboxylic acids is 1. The summed E-state index contributed by atoms with van der Waals surface area (Å²) in [5.74, 6) is -0.807. The fraction of sp³-hybridized carbons (Fsp3) is 0.429. The Balaban J connectivity index is 1.95. The third-order valence-electron chi connectivity index (χ3n) is 3.47. The first-order chi connectivity index (χ1) is 9.56. The number of amidine groups is 1. The maximum absolute atomic E-state index is 13.8. The van der Waals surface area contributed by atoms with Gasteiger partial charge in [-0.25, -0.2) is 9.18 Å². The predicted octanol–water partition coefficient (Wildman–Crippen LogP) is 2.56. The minimum absolute atomic E-state index is 0.0864. The number of nitrogens with one attached hydrogen (secondary N) is 3. The van der Waals surface area contributed by atoms with Crippen molar-refractivity contribution in [2.45, 2.75) is 38.1 Å². The number of nitrogens with two attached hydrogens (primary N) is 1. The van der Waals surface area contributed by atoms with Gasteiger partial charge in [0, 0.05) is 11.6 Å². The molecule has 0 bridgehead atoms. The summed E-state index contributed by atoms with van der Waals surface area (Å²) in [4.78, 5) is 11.8. The first kappa shape index (κ1) is 14.3. The van der Waals surface area contributed by atoms with Gasteiger partial charge in [-0.3, -0.25) is 5.41 Å². The molecule has 2 amide bonds. The number of carbonyl (C=O) groups is 1. The fourth-order valence-electron chi connectivity index (χ4n) is 2.37. The Kier molecular flexibility index (Phi) is 4.55. The molecule has 20 heavy (non-hydrogen) atoms. The van der Waals surface area contributed by atoms with Gasteiger partial charge in [-0.05, 0) is 31.0 Å². The van der Waals surface area contributed by atoms with Gasteiger partial charge < -0.3 is 16.4 Å². The minimum Gasteiger partial charge on any atom is -0.384 e. The summed E-state index contributed by atoms with van der Waals surface area (Å²) in [6, 6.07) is 3.82. The molecule has 0 aromatic heterocycles. The number of urea groups is 1. The molecule has 6 heteroatoms. The van der Waals surface area contributed by atoms with E-state index in [0.29, 0.717) is 5.56 Å². The van der Waals surface area contributed by atoms with Crippen LogP contribution in [0.4, 0.5) is 14.9 Å². The number of anilines is 1. The van der Waals surface area contributed by atoms with Crippen molar-refractivity contribution in [1.82, 2.24) is 5.32 Å². The Hall–Kier alpha value is -2.11. The number of benzene rings is 1. The molecular weight excluding hydrogens is 259 g/mol. The van der Waals surface area contributed by atoms with Crippen LogP contribution >= 0.6 is 0 Å². The van der Waals surface area contributed by atoms with E-state index in [2.05, 4.69) is 10.6 Å². The fourth-order valence-corrected chi connectivity index (χ4v) is 2.37. The second-order valence-electron chi connectivity index (χ2n) is 5.04. The normalized spacial score (nSPS) is 15.7. The molecule has 0 aliphatic heterocycles. The third-order valence-corrected chi connectivity index (χ3v) is 3.47. The molecule has 1 aliphatic carbocycles. The van der Waals surface area contributed by atoms with E-state index in [1.54, 1.807) is 0 Å². The number of halogens is 1. The lowest BCUT2D eigenvalue weighted by atomic mass is 9.96. The Morgan fingerprint density at radius 1 is 1.30 bits per heavy atom. The van der Waals surface area contributed by atoms with Gasteiger partial charge in [-0.1, -0.05) is 19.3 Å². The third kappa shape index (κ3) is 3.69. The molecule has 5 N–H and O–H groups in total. The highest BCUT2D eigenvalue weighted by molar-refractivity contribution is 5.96. The summed E-state index contributed by atoms with van der Waals surface area (Å²) in [7, 11) is 0. The maximum atomic E-state index is 13.8. The van der Waals surface area contributed by atoms with Crippen molar-refractivity contribution in [3.8, 4) is 0 Å². The van der Waals surface area contributed by atoms with Crippen LogP contribution in [0.3, 0.4) is 0 Å². The molecular formula is C14H19FN4O. The summed E-state index contributed by atoms with van der Waals surface area (Å²) in [5, 5.41) is 12.6. The summed E-state index contributed by atoms with van der Waals surface area (Å²) in [6.07, 6.45) is 5.39. The Bertz CT molecular complexity index is 512. The number of hydrogen-bond acceptors (Lipinski definition) is 2. The molecule has 0 radical (unpaired) electrons. The van der Waals surface area contributed by atoms with E-state index in [9.17, 15) is 9.18 Å². The van der Waals surface area contributed by atoms with Gasteiger partial charge in [-0.15, -0.1) is 0 Å². The molecule has 0 atom stereocenters. The Morgan fingerprint density at radius 3 is 2.60 bits per heavy atom. The summed E-state index contributed by atoms with van der Waals surface area (Å²) in [6.45, 7) is 0. The van der Waals surface area contributed by atoms with Gasteiger partial charge in [0.1, 0.15) is 11.7 Å². The number of amides is 2. The zero-order chi connectivity index (χ0) is 14.5. The summed E-state index contributed by atoms with van der Waals surface area (Å²) in [5.41, 5.74) is 5.65. The average Bonchev–Trinajstić information content (AvgIpc) is 2.42. The molecule has 0 saturated heterocycles. The number of rotatable bonds is 3. The molecule has 1 aliphatic rings. The lowest BCUT2D eigenvalue weighted by Crippen LogP contribution is -2.39. The first-order valence-corrected chi connectivity index (χ1v) is 6.77. The van der Waals surface area contributed by atoms with E-state index in [4.69, 9.17) is 11.1 Å². The van der Waals surface area contributed by atoms with Crippen molar-refractivity contribution in [1.29, 1.82) is 5.41 Å². The zero-order valence-corrected chi connectivity index (χ0v) is 11.2. The molecule has 1 aromatic rings. The van der Waals surface area contributed by atoms with E-state index < -0.39 is 11.8 Å². The summed E-state index contributed by atoms with van der Waals surface area (Å²) >= 11 is 0. The Labute approximate surface area is 117 Å². The average molecular weight is 278 g/mol. The van der Waals surface area contributed by atoms with E-state index in [1.807, 2.05) is 0 Å². The standard InChI is InChI=1S/C14H19FN4O/c15-11-8-9(13(16)17)6-7-12(11)19-14(20)18-10-4-2-1-3-5-10/h6-8,10H,1-5H2,(H3,16,17)(H2,18,19,20). The minimum atomic E-state index is -0.600. The van der Waals surface area contributed by atoms with Crippen molar-refractivity contribution >= 4 is 17.6 Å². The highest BCUT2D eigenvalue weighted by atomic mass is 19.1. The lowest BCUT2D eigenvalue weighted by molar-refractivity contribution is 0.244. The predicted molar refractivity (Wildman–Crippen MR) is 76.4 cm³/mol. The number of nitrogen functional groups attached to an aromatic ring is 1. The van der Waals surface area contributed by atoms with Crippen LogP contribution in [0.2, 0.25) is 0 Å². The topological polar surface area (TPSA) is 91.0 Å².